The second kappa shape index (κ2) is 8.95. The number of aromatic nitrogens is 1. The van der Waals surface area contributed by atoms with Crippen LogP contribution in [0.1, 0.15) is 16.1 Å². The number of rotatable bonds is 7. The lowest BCUT2D eigenvalue weighted by Gasteiger charge is -2.07. The van der Waals surface area contributed by atoms with E-state index in [0.29, 0.717) is 12.3 Å². The van der Waals surface area contributed by atoms with E-state index in [1.54, 1.807) is 12.5 Å². The van der Waals surface area contributed by atoms with Crippen molar-refractivity contribution in [3.05, 3.63) is 71.2 Å². The standard InChI is InChI=1S/C20H18N2O4S/c1-25-16-9-5-6-14(10-16)11-21-18(23)12-26-20(24)17-13-27-19(22-17)15-7-3-2-4-8-15/h2-10,13H,11-12H2,1H3,(H,21,23). The molecule has 3 aromatic rings. The van der Waals surface area contributed by atoms with E-state index in [0.717, 1.165) is 16.1 Å². The highest BCUT2D eigenvalue weighted by atomic mass is 32.1. The molecule has 1 amide bonds. The summed E-state index contributed by atoms with van der Waals surface area (Å²) in [4.78, 5) is 28.2. The molecule has 0 radical (unpaired) electrons. The third-order valence-corrected chi connectivity index (χ3v) is 4.58. The maximum atomic E-state index is 12.1. The van der Waals surface area contributed by atoms with Crippen molar-refractivity contribution in [3.8, 4) is 16.3 Å². The number of ether oxygens (including phenoxy) is 2. The van der Waals surface area contributed by atoms with Crippen LogP contribution in [-0.4, -0.2) is 30.6 Å². The van der Waals surface area contributed by atoms with Crippen LogP contribution in [0.3, 0.4) is 0 Å². The fraction of sp³-hybridized carbons (Fsp3) is 0.150. The molecule has 138 valence electrons. The van der Waals surface area contributed by atoms with Crippen LogP contribution in [0.4, 0.5) is 0 Å². The first-order valence-corrected chi connectivity index (χ1v) is 9.11. The first kappa shape index (κ1) is 18.6. The number of benzene rings is 2. The lowest BCUT2D eigenvalue weighted by Crippen LogP contribution is -2.28. The van der Waals surface area contributed by atoms with Crippen molar-refractivity contribution in [2.45, 2.75) is 6.54 Å². The summed E-state index contributed by atoms with van der Waals surface area (Å²) in [5, 5.41) is 5.05. The summed E-state index contributed by atoms with van der Waals surface area (Å²) in [5.74, 6) is -0.291. The van der Waals surface area contributed by atoms with E-state index in [1.807, 2.05) is 54.6 Å². The van der Waals surface area contributed by atoms with E-state index in [9.17, 15) is 9.59 Å². The Morgan fingerprint density at radius 3 is 2.70 bits per heavy atom. The van der Waals surface area contributed by atoms with Gasteiger partial charge in [-0.1, -0.05) is 42.5 Å². The number of nitrogens with zero attached hydrogens (tertiary/aromatic N) is 1. The highest BCUT2D eigenvalue weighted by Crippen LogP contribution is 2.23. The number of amides is 1. The number of hydrogen-bond donors (Lipinski definition) is 1. The molecule has 1 N–H and O–H groups in total. The second-order valence-corrected chi connectivity index (χ2v) is 6.47. The van der Waals surface area contributed by atoms with Crippen molar-refractivity contribution in [1.29, 1.82) is 0 Å². The Kier molecular flexibility index (Phi) is 6.17. The van der Waals surface area contributed by atoms with Crippen molar-refractivity contribution in [1.82, 2.24) is 10.3 Å². The van der Waals surface area contributed by atoms with E-state index >= 15 is 0 Å². The molecule has 0 atom stereocenters. The predicted molar refractivity (Wildman–Crippen MR) is 103 cm³/mol. The van der Waals surface area contributed by atoms with Crippen molar-refractivity contribution in [2.75, 3.05) is 13.7 Å². The van der Waals surface area contributed by atoms with Gasteiger partial charge in [0.05, 0.1) is 7.11 Å². The normalized spacial score (nSPS) is 10.3. The minimum Gasteiger partial charge on any atom is -0.497 e. The Hall–Kier alpha value is -3.19. The third-order valence-electron chi connectivity index (χ3n) is 3.69. The summed E-state index contributed by atoms with van der Waals surface area (Å²) in [6.45, 7) is -0.0383. The average molecular weight is 382 g/mol. The third kappa shape index (κ3) is 5.15. The topological polar surface area (TPSA) is 77.5 Å². The van der Waals surface area contributed by atoms with Gasteiger partial charge in [0.2, 0.25) is 0 Å². The van der Waals surface area contributed by atoms with E-state index in [4.69, 9.17) is 9.47 Å². The van der Waals surface area contributed by atoms with Crippen LogP contribution in [0.5, 0.6) is 5.75 Å². The first-order valence-electron chi connectivity index (χ1n) is 8.23. The molecule has 1 heterocycles. The highest BCUT2D eigenvalue weighted by Gasteiger charge is 2.14. The summed E-state index contributed by atoms with van der Waals surface area (Å²) in [6, 6.07) is 16.9. The van der Waals surface area contributed by atoms with E-state index in [2.05, 4.69) is 10.3 Å². The lowest BCUT2D eigenvalue weighted by molar-refractivity contribution is -0.124. The van der Waals surface area contributed by atoms with Crippen molar-refractivity contribution >= 4 is 23.2 Å². The van der Waals surface area contributed by atoms with Gasteiger partial charge in [0.15, 0.2) is 12.3 Å². The number of carbonyl (C=O) groups is 2. The van der Waals surface area contributed by atoms with E-state index in [-0.39, 0.29) is 18.2 Å². The van der Waals surface area contributed by atoms with Gasteiger partial charge < -0.3 is 14.8 Å². The SMILES string of the molecule is COc1cccc(CNC(=O)COC(=O)c2csc(-c3ccccc3)n2)c1. The largest absolute Gasteiger partial charge is 0.497 e. The van der Waals surface area contributed by atoms with Gasteiger partial charge in [-0.05, 0) is 17.7 Å². The summed E-state index contributed by atoms with van der Waals surface area (Å²) >= 11 is 1.35. The molecule has 2 aromatic carbocycles. The first-order chi connectivity index (χ1) is 13.2. The zero-order chi connectivity index (χ0) is 19.1. The van der Waals surface area contributed by atoms with Gasteiger partial charge in [-0.3, -0.25) is 4.79 Å². The summed E-state index contributed by atoms with van der Waals surface area (Å²) in [5.41, 5.74) is 2.01. The quantitative estimate of drug-likeness (QED) is 0.635. The minimum absolute atomic E-state index is 0.194. The molecular weight excluding hydrogens is 364 g/mol. The predicted octanol–water partition coefficient (Wildman–Crippen LogP) is 3.29. The molecule has 0 bridgehead atoms. The molecule has 0 saturated carbocycles. The molecule has 6 nitrogen and oxygen atoms in total. The maximum absolute atomic E-state index is 12.1. The van der Waals surface area contributed by atoms with Crippen LogP contribution in [0.15, 0.2) is 60.0 Å². The molecule has 3 rings (SSSR count). The maximum Gasteiger partial charge on any atom is 0.358 e. The minimum atomic E-state index is -0.620. The fourth-order valence-electron chi connectivity index (χ4n) is 2.32. The van der Waals surface area contributed by atoms with Gasteiger partial charge in [0.1, 0.15) is 10.8 Å². The average Bonchev–Trinajstić information content (AvgIpc) is 3.21. The second-order valence-electron chi connectivity index (χ2n) is 5.61. The number of carbonyl (C=O) groups excluding carboxylic acids is 2. The van der Waals surface area contributed by atoms with Crippen molar-refractivity contribution in [3.63, 3.8) is 0 Å². The molecular formula is C20H18N2O4S. The molecule has 27 heavy (non-hydrogen) atoms. The molecule has 0 spiro atoms. The number of methoxy groups -OCH3 is 1. The molecule has 0 aliphatic heterocycles. The van der Waals surface area contributed by atoms with Crippen LogP contribution in [-0.2, 0) is 16.1 Å². The van der Waals surface area contributed by atoms with Gasteiger partial charge in [0, 0.05) is 17.5 Å². The van der Waals surface area contributed by atoms with Crippen molar-refractivity contribution < 1.29 is 19.1 Å². The lowest BCUT2D eigenvalue weighted by atomic mass is 10.2. The van der Waals surface area contributed by atoms with Gasteiger partial charge >= 0.3 is 5.97 Å². The van der Waals surface area contributed by atoms with Crippen LogP contribution in [0.25, 0.3) is 10.6 Å². The van der Waals surface area contributed by atoms with Gasteiger partial charge in [-0.25, -0.2) is 9.78 Å². The number of esters is 1. The summed E-state index contributed by atoms with van der Waals surface area (Å²) < 4.78 is 10.2. The zero-order valence-electron chi connectivity index (χ0n) is 14.7. The van der Waals surface area contributed by atoms with Crippen LogP contribution in [0.2, 0.25) is 0 Å². The zero-order valence-corrected chi connectivity index (χ0v) is 15.5. The Bertz CT molecular complexity index is 924. The molecule has 7 heteroatoms. The summed E-state index contributed by atoms with van der Waals surface area (Å²) in [7, 11) is 1.58. The molecule has 0 aliphatic rings. The van der Waals surface area contributed by atoms with Gasteiger partial charge in [-0.2, -0.15) is 0 Å². The van der Waals surface area contributed by atoms with Gasteiger partial charge in [-0.15, -0.1) is 11.3 Å². The number of nitrogens with one attached hydrogen (secondary N) is 1. The van der Waals surface area contributed by atoms with Crippen LogP contribution >= 0.6 is 11.3 Å². The van der Waals surface area contributed by atoms with Crippen LogP contribution < -0.4 is 10.1 Å². The smallest absolute Gasteiger partial charge is 0.358 e. The van der Waals surface area contributed by atoms with Crippen molar-refractivity contribution in [2.24, 2.45) is 0 Å². The Balaban J connectivity index is 1.48. The molecule has 0 saturated heterocycles. The monoisotopic (exact) mass is 382 g/mol. The van der Waals surface area contributed by atoms with E-state index in [1.165, 1.54) is 11.3 Å². The molecule has 0 aliphatic carbocycles. The fourth-order valence-corrected chi connectivity index (χ4v) is 3.12. The van der Waals surface area contributed by atoms with Crippen LogP contribution in [0, 0.1) is 0 Å². The Morgan fingerprint density at radius 2 is 1.93 bits per heavy atom. The molecule has 0 fully saturated rings. The number of thiazole rings is 1. The summed E-state index contributed by atoms with van der Waals surface area (Å²) in [6.07, 6.45) is 0. The Labute approximate surface area is 160 Å². The highest BCUT2D eigenvalue weighted by molar-refractivity contribution is 7.13. The molecule has 1 aromatic heterocycles. The van der Waals surface area contributed by atoms with E-state index < -0.39 is 5.97 Å². The Morgan fingerprint density at radius 1 is 1.11 bits per heavy atom. The van der Waals surface area contributed by atoms with Gasteiger partial charge in [0.25, 0.3) is 5.91 Å². The number of hydrogen-bond acceptors (Lipinski definition) is 6. The molecule has 0 unspecified atom stereocenters.